The number of aromatic nitrogens is 1. The number of aliphatic carboxylic acids is 4. The number of nitrogens with one attached hydrogen (secondary N) is 1. The van der Waals surface area contributed by atoms with Gasteiger partial charge in [0, 0.05) is 19.8 Å². The second-order valence-corrected chi connectivity index (χ2v) is 6.59. The molecule has 12 nitrogen and oxygen atoms in total. The zero-order chi connectivity index (χ0) is 25.4. The van der Waals surface area contributed by atoms with Gasteiger partial charge in [-0.15, -0.1) is 0 Å². The molecule has 1 aliphatic rings. The van der Waals surface area contributed by atoms with Gasteiger partial charge in [-0.1, -0.05) is 0 Å². The van der Waals surface area contributed by atoms with Gasteiger partial charge in [0.25, 0.3) is 5.91 Å². The van der Waals surface area contributed by atoms with Gasteiger partial charge < -0.3 is 49.8 Å². The van der Waals surface area contributed by atoms with E-state index in [1.165, 1.54) is 0 Å². The molecule has 33 heavy (non-hydrogen) atoms. The molecule has 12 heteroatoms. The van der Waals surface area contributed by atoms with Crippen molar-refractivity contribution in [3.63, 3.8) is 0 Å². The number of carboxylic acids is 4. The smallest absolute Gasteiger partial charge is 0.255 e. The van der Waals surface area contributed by atoms with E-state index in [1.807, 2.05) is 31.1 Å². The lowest BCUT2D eigenvalue weighted by Crippen LogP contribution is -2.30. The predicted molar refractivity (Wildman–Crippen MR) is 105 cm³/mol. The number of rotatable bonds is 7. The van der Waals surface area contributed by atoms with Crippen molar-refractivity contribution in [2.75, 3.05) is 27.2 Å². The van der Waals surface area contributed by atoms with Gasteiger partial charge >= 0.3 is 0 Å². The lowest BCUT2D eigenvalue weighted by atomic mass is 9.98. The molecule has 0 radical (unpaired) electrons. The van der Waals surface area contributed by atoms with Crippen molar-refractivity contribution in [2.45, 2.75) is 12.8 Å². The van der Waals surface area contributed by atoms with Crippen molar-refractivity contribution >= 4 is 29.8 Å². The Labute approximate surface area is 189 Å². The van der Waals surface area contributed by atoms with E-state index >= 15 is 0 Å². The third-order valence-electron chi connectivity index (χ3n) is 4.00. The highest BCUT2D eigenvalue weighted by Crippen LogP contribution is 2.21. The summed E-state index contributed by atoms with van der Waals surface area (Å²) in [7, 11) is 3.83. The molecular weight excluding hydrogens is 438 g/mol. The van der Waals surface area contributed by atoms with Crippen molar-refractivity contribution in [3.8, 4) is 0 Å². The highest BCUT2D eigenvalue weighted by molar-refractivity contribution is 5.95. The molecule has 180 valence electrons. The van der Waals surface area contributed by atoms with Gasteiger partial charge in [-0.05, 0) is 68.8 Å². The lowest BCUT2D eigenvalue weighted by Gasteiger charge is -2.19. The van der Waals surface area contributed by atoms with Crippen molar-refractivity contribution in [1.82, 2.24) is 15.2 Å². The van der Waals surface area contributed by atoms with Gasteiger partial charge in [0.1, 0.15) is 0 Å². The second kappa shape index (κ2) is 15.7. The van der Waals surface area contributed by atoms with Crippen LogP contribution in [0.2, 0.25) is 0 Å². The first-order chi connectivity index (χ1) is 15.5. The number of hydrogen-bond acceptors (Lipinski definition) is 11. The Morgan fingerprint density at radius 2 is 1.52 bits per heavy atom. The van der Waals surface area contributed by atoms with Crippen LogP contribution in [-0.4, -0.2) is 66.9 Å². The summed E-state index contributed by atoms with van der Waals surface area (Å²) in [6, 6.07) is 3.71. The molecule has 0 saturated heterocycles. The molecule has 0 saturated carbocycles. The van der Waals surface area contributed by atoms with Gasteiger partial charge in [0.15, 0.2) is 0 Å². The highest BCUT2D eigenvalue weighted by Gasteiger charge is 2.25. The summed E-state index contributed by atoms with van der Waals surface area (Å²) in [6.07, 6.45) is 5.28. The van der Waals surface area contributed by atoms with E-state index in [0.717, 1.165) is 37.2 Å². The predicted octanol–water partition coefficient (Wildman–Crippen LogP) is -4.98. The summed E-state index contributed by atoms with van der Waals surface area (Å²) in [6.45, 7) is 1.80. The summed E-state index contributed by atoms with van der Waals surface area (Å²) in [5.74, 6) is -5.60. The number of carbonyl (C=O) groups excluding carboxylic acids is 5. The van der Waals surface area contributed by atoms with E-state index in [4.69, 9.17) is 0 Å². The third-order valence-corrected chi connectivity index (χ3v) is 4.00. The molecule has 1 atom stereocenters. The summed E-state index contributed by atoms with van der Waals surface area (Å²) < 4.78 is 0. The van der Waals surface area contributed by atoms with Crippen LogP contribution < -0.4 is 25.7 Å². The molecule has 1 aliphatic heterocycles. The van der Waals surface area contributed by atoms with Crippen LogP contribution in [-0.2, 0) is 25.6 Å². The van der Waals surface area contributed by atoms with Crippen molar-refractivity contribution in [1.29, 1.82) is 0 Å². The molecule has 0 aromatic carbocycles. The fourth-order valence-corrected chi connectivity index (χ4v) is 2.62. The maximum atomic E-state index is 12.1. The molecule has 0 spiro atoms. The SMILES string of the molecule is CNCCC1Cc2ncccc2C(=O)N(C)C1.O=C([O-])/C=C/C(=O)[O-].O=C([O-])/C=C/C(=O)[O-]. The van der Waals surface area contributed by atoms with Gasteiger partial charge in [-0.25, -0.2) is 0 Å². The van der Waals surface area contributed by atoms with Crippen LogP contribution in [0.5, 0.6) is 0 Å². The number of nitrogens with zero attached hydrogens (tertiary/aromatic N) is 2. The number of carboxylic acid groups (broad SMARTS) is 4. The average molecular weight is 461 g/mol. The zero-order valence-corrected chi connectivity index (χ0v) is 18.0. The Bertz CT molecular complexity index is 831. The average Bonchev–Trinajstić information content (AvgIpc) is 2.86. The van der Waals surface area contributed by atoms with Crippen LogP contribution in [0, 0.1) is 5.92 Å². The quantitative estimate of drug-likeness (QED) is 0.380. The van der Waals surface area contributed by atoms with Crippen molar-refractivity contribution in [2.24, 2.45) is 5.92 Å². The number of amides is 1. The van der Waals surface area contributed by atoms with E-state index in [1.54, 1.807) is 6.20 Å². The van der Waals surface area contributed by atoms with Crippen LogP contribution in [0.1, 0.15) is 22.5 Å². The Morgan fingerprint density at radius 3 is 1.94 bits per heavy atom. The summed E-state index contributed by atoms with van der Waals surface area (Å²) in [5, 5.41) is 40.8. The van der Waals surface area contributed by atoms with Crippen LogP contribution in [0.3, 0.4) is 0 Å². The first-order valence-electron chi connectivity index (χ1n) is 9.51. The fraction of sp³-hybridized carbons (Fsp3) is 0.333. The van der Waals surface area contributed by atoms with Gasteiger partial charge in [-0.3, -0.25) is 9.78 Å². The minimum Gasteiger partial charge on any atom is -0.545 e. The Kier molecular flexibility index (Phi) is 13.8. The molecule has 1 aromatic rings. The number of carbonyl (C=O) groups is 5. The zero-order valence-electron chi connectivity index (χ0n) is 18.0. The largest absolute Gasteiger partial charge is 0.545 e. The van der Waals surface area contributed by atoms with Crippen LogP contribution >= 0.6 is 0 Å². The molecular formula is C21H23N3O9-4. The first kappa shape index (κ1) is 28.9. The minimum absolute atomic E-state index is 0.0973. The van der Waals surface area contributed by atoms with Crippen LogP contribution in [0.25, 0.3) is 0 Å². The van der Waals surface area contributed by atoms with Crippen molar-refractivity contribution < 1.29 is 44.4 Å². The normalized spacial score (nSPS) is 14.9. The van der Waals surface area contributed by atoms with Crippen LogP contribution in [0.4, 0.5) is 0 Å². The topological polar surface area (TPSA) is 206 Å². The van der Waals surface area contributed by atoms with E-state index < -0.39 is 23.9 Å². The number of hydrogen-bond donors (Lipinski definition) is 1. The van der Waals surface area contributed by atoms with E-state index in [9.17, 15) is 44.4 Å². The number of pyridine rings is 1. The Balaban J connectivity index is 0.000000539. The first-order valence-corrected chi connectivity index (χ1v) is 9.51. The lowest BCUT2D eigenvalue weighted by molar-refractivity contribution is -0.301. The molecule has 1 unspecified atom stereocenters. The summed E-state index contributed by atoms with van der Waals surface area (Å²) in [4.78, 5) is 56.0. The van der Waals surface area contributed by atoms with Gasteiger partial charge in [-0.2, -0.15) is 0 Å². The number of fused-ring (bicyclic) bond motifs is 1. The maximum absolute atomic E-state index is 12.1. The van der Waals surface area contributed by atoms with Gasteiger partial charge in [0.2, 0.25) is 0 Å². The molecule has 0 aliphatic carbocycles. The summed E-state index contributed by atoms with van der Waals surface area (Å²) in [5.41, 5.74) is 1.71. The molecule has 0 bridgehead atoms. The van der Waals surface area contributed by atoms with Crippen molar-refractivity contribution in [3.05, 3.63) is 53.9 Å². The van der Waals surface area contributed by atoms with E-state index in [0.29, 0.717) is 30.2 Å². The highest BCUT2D eigenvalue weighted by atomic mass is 16.4. The van der Waals surface area contributed by atoms with Crippen LogP contribution in [0.15, 0.2) is 42.6 Å². The Morgan fingerprint density at radius 1 is 1.03 bits per heavy atom. The second-order valence-electron chi connectivity index (χ2n) is 6.59. The molecule has 0 fully saturated rings. The molecule has 1 aromatic heterocycles. The standard InChI is InChI=1S/C13H19N3O.2C4H4O4/c1-14-7-5-10-8-12-11(4-3-6-15-12)13(17)16(2)9-10;2*5-3(6)1-2-4(7)8/h3-4,6,10,14H,5,7-9H2,1-2H3;2*1-2H,(H,5,6)(H,7,8)/p-4/b;2*2-1+. The monoisotopic (exact) mass is 461 g/mol. The van der Waals surface area contributed by atoms with E-state index in [-0.39, 0.29) is 5.91 Å². The minimum atomic E-state index is -1.55. The summed E-state index contributed by atoms with van der Waals surface area (Å²) >= 11 is 0. The fourth-order valence-electron chi connectivity index (χ4n) is 2.62. The maximum Gasteiger partial charge on any atom is 0.255 e. The molecule has 2 heterocycles. The molecule has 1 amide bonds. The van der Waals surface area contributed by atoms with Gasteiger partial charge in [0.05, 0.1) is 35.1 Å². The third kappa shape index (κ3) is 13.8. The Hall–Kier alpha value is -4.06. The molecule has 2 rings (SSSR count). The molecule has 1 N–H and O–H groups in total. The van der Waals surface area contributed by atoms with E-state index in [2.05, 4.69) is 10.3 Å².